The normalized spacial score (nSPS) is 20.2. The summed E-state index contributed by atoms with van der Waals surface area (Å²) < 4.78 is 10.6. The zero-order valence-electron chi connectivity index (χ0n) is 15.2. The smallest absolute Gasteiger partial charge is 0.340 e. The minimum atomic E-state index is -0.468. The van der Waals surface area contributed by atoms with Gasteiger partial charge in [0.25, 0.3) is 5.91 Å². The number of anilines is 1. The van der Waals surface area contributed by atoms with Gasteiger partial charge < -0.3 is 19.7 Å². The molecule has 7 heteroatoms. The summed E-state index contributed by atoms with van der Waals surface area (Å²) in [7, 11) is 0. The molecule has 1 aliphatic heterocycles. The number of esters is 1. The molecule has 1 heterocycles. The van der Waals surface area contributed by atoms with Crippen LogP contribution < -0.4 is 5.32 Å². The molecule has 138 valence electrons. The number of morpholine rings is 1. The molecule has 0 aliphatic carbocycles. The van der Waals surface area contributed by atoms with Gasteiger partial charge in [-0.15, -0.1) is 0 Å². The predicted octanol–water partition coefficient (Wildman–Crippen LogP) is 2.32. The topological polar surface area (TPSA) is 91.7 Å². The number of carbonyl (C=O) groups is 2. The van der Waals surface area contributed by atoms with Crippen LogP contribution in [-0.2, 0) is 14.3 Å². The average Bonchev–Trinajstić information content (AvgIpc) is 2.61. The number of hydrogen-bond acceptors (Lipinski definition) is 6. The molecule has 0 spiro atoms. The second kappa shape index (κ2) is 9.02. The van der Waals surface area contributed by atoms with Gasteiger partial charge in [-0.3, -0.25) is 4.79 Å². The lowest BCUT2D eigenvalue weighted by atomic mass is 10.1. The molecule has 0 bridgehead atoms. The molecule has 2 unspecified atom stereocenters. The quantitative estimate of drug-likeness (QED) is 0.494. The van der Waals surface area contributed by atoms with Crippen molar-refractivity contribution < 1.29 is 19.1 Å². The number of hydrogen-bond donors (Lipinski definition) is 1. The van der Waals surface area contributed by atoms with E-state index < -0.39 is 5.97 Å². The number of para-hydroxylation sites is 1. The molecule has 0 saturated carbocycles. The highest BCUT2D eigenvalue weighted by Gasteiger charge is 2.27. The summed E-state index contributed by atoms with van der Waals surface area (Å²) in [4.78, 5) is 26.2. The lowest BCUT2D eigenvalue weighted by Gasteiger charge is -2.35. The molecular formula is C19H23N3O4. The van der Waals surface area contributed by atoms with Crippen LogP contribution in [0.2, 0.25) is 0 Å². The van der Waals surface area contributed by atoms with Gasteiger partial charge in [-0.1, -0.05) is 12.1 Å². The maximum atomic E-state index is 12.6. The molecule has 1 amide bonds. The van der Waals surface area contributed by atoms with Crippen molar-refractivity contribution in [2.75, 3.05) is 25.0 Å². The summed E-state index contributed by atoms with van der Waals surface area (Å²) in [6.07, 6.45) is 1.16. The van der Waals surface area contributed by atoms with Crippen LogP contribution in [0.1, 0.15) is 31.1 Å². The van der Waals surface area contributed by atoms with Crippen LogP contribution >= 0.6 is 0 Å². The van der Waals surface area contributed by atoms with Gasteiger partial charge in [0.15, 0.2) is 0 Å². The van der Waals surface area contributed by atoms with Crippen molar-refractivity contribution in [3.63, 3.8) is 0 Å². The van der Waals surface area contributed by atoms with E-state index in [0.29, 0.717) is 24.3 Å². The summed E-state index contributed by atoms with van der Waals surface area (Å²) in [5.41, 5.74) is 0.768. The molecule has 1 aromatic rings. The molecular weight excluding hydrogens is 334 g/mol. The molecule has 1 aromatic carbocycles. The van der Waals surface area contributed by atoms with E-state index in [9.17, 15) is 14.9 Å². The summed E-state index contributed by atoms with van der Waals surface area (Å²) in [5, 5.41) is 12.3. The van der Waals surface area contributed by atoms with Crippen molar-refractivity contribution in [3.05, 3.63) is 41.6 Å². The number of nitrogens with zero attached hydrogens (tertiary/aromatic N) is 2. The zero-order chi connectivity index (χ0) is 19.1. The minimum absolute atomic E-state index is 0.0371. The van der Waals surface area contributed by atoms with Crippen molar-refractivity contribution >= 4 is 17.6 Å². The monoisotopic (exact) mass is 357 g/mol. The van der Waals surface area contributed by atoms with E-state index in [1.165, 1.54) is 6.20 Å². The van der Waals surface area contributed by atoms with Crippen molar-refractivity contribution in [2.24, 2.45) is 0 Å². The van der Waals surface area contributed by atoms with Gasteiger partial charge in [0.1, 0.15) is 11.6 Å². The van der Waals surface area contributed by atoms with Crippen molar-refractivity contribution in [1.82, 2.24) is 4.90 Å². The maximum absolute atomic E-state index is 12.6. The minimum Gasteiger partial charge on any atom is -0.462 e. The number of amides is 1. The predicted molar refractivity (Wildman–Crippen MR) is 96.3 cm³/mol. The van der Waals surface area contributed by atoms with Crippen LogP contribution in [0, 0.1) is 11.3 Å². The summed E-state index contributed by atoms with van der Waals surface area (Å²) in [6.45, 7) is 6.63. The van der Waals surface area contributed by atoms with Gasteiger partial charge in [0, 0.05) is 19.3 Å². The molecule has 1 fully saturated rings. The Morgan fingerprint density at radius 3 is 2.62 bits per heavy atom. The van der Waals surface area contributed by atoms with Crippen LogP contribution in [0.4, 0.5) is 5.69 Å². The average molecular weight is 357 g/mol. The fraction of sp³-hybridized carbons (Fsp3) is 0.421. The van der Waals surface area contributed by atoms with E-state index in [2.05, 4.69) is 5.32 Å². The van der Waals surface area contributed by atoms with Gasteiger partial charge in [-0.05, 0) is 32.9 Å². The number of benzene rings is 1. The molecule has 0 aromatic heterocycles. The number of ether oxygens (including phenoxy) is 2. The Bertz CT molecular complexity index is 729. The fourth-order valence-corrected chi connectivity index (χ4v) is 2.80. The van der Waals surface area contributed by atoms with E-state index in [1.807, 2.05) is 19.9 Å². The molecule has 1 saturated heterocycles. The van der Waals surface area contributed by atoms with Gasteiger partial charge in [-0.2, -0.15) is 5.26 Å². The highest BCUT2D eigenvalue weighted by atomic mass is 16.5. The molecule has 2 rings (SSSR count). The van der Waals surface area contributed by atoms with E-state index in [1.54, 1.807) is 36.1 Å². The first-order chi connectivity index (χ1) is 12.5. The van der Waals surface area contributed by atoms with Gasteiger partial charge in [0.05, 0.1) is 30.1 Å². The Balaban J connectivity index is 2.16. The third kappa shape index (κ3) is 4.83. The molecule has 7 nitrogen and oxygen atoms in total. The third-order valence-corrected chi connectivity index (χ3v) is 3.85. The number of nitrogens with one attached hydrogen (secondary N) is 1. The number of nitriles is 1. The van der Waals surface area contributed by atoms with E-state index in [4.69, 9.17) is 9.47 Å². The molecule has 2 atom stereocenters. The lowest BCUT2D eigenvalue weighted by Crippen LogP contribution is -2.48. The lowest BCUT2D eigenvalue weighted by molar-refractivity contribution is -0.138. The number of carbonyl (C=O) groups excluding carboxylic acids is 2. The summed E-state index contributed by atoms with van der Waals surface area (Å²) in [5.74, 6) is -0.833. The van der Waals surface area contributed by atoms with Crippen molar-refractivity contribution in [2.45, 2.75) is 33.0 Å². The van der Waals surface area contributed by atoms with E-state index in [-0.39, 0.29) is 30.3 Å². The van der Waals surface area contributed by atoms with E-state index >= 15 is 0 Å². The summed E-state index contributed by atoms with van der Waals surface area (Å²) >= 11 is 0. The summed E-state index contributed by atoms with van der Waals surface area (Å²) in [6, 6.07) is 8.69. The highest BCUT2D eigenvalue weighted by molar-refractivity contribution is 5.99. The highest BCUT2D eigenvalue weighted by Crippen LogP contribution is 2.18. The number of rotatable bonds is 5. The van der Waals surface area contributed by atoms with Crippen LogP contribution in [0.5, 0.6) is 0 Å². The van der Waals surface area contributed by atoms with Gasteiger partial charge >= 0.3 is 5.97 Å². The van der Waals surface area contributed by atoms with Crippen molar-refractivity contribution in [3.8, 4) is 6.07 Å². The first-order valence-electron chi connectivity index (χ1n) is 8.54. The first kappa shape index (κ1) is 19.5. The van der Waals surface area contributed by atoms with Crippen LogP contribution in [-0.4, -0.2) is 48.7 Å². The van der Waals surface area contributed by atoms with Gasteiger partial charge in [0.2, 0.25) is 0 Å². The standard InChI is InChI=1S/C19H23N3O4/c1-4-25-19(24)16-7-5-6-8-17(16)21-10-15(9-20)18(23)22-11-13(2)26-14(3)12-22/h5-8,10,13-14,21H,4,11-12H2,1-3H3/b15-10-. The molecule has 26 heavy (non-hydrogen) atoms. The second-order valence-electron chi connectivity index (χ2n) is 6.05. The van der Waals surface area contributed by atoms with Crippen molar-refractivity contribution in [1.29, 1.82) is 5.26 Å². The molecule has 1 aliphatic rings. The largest absolute Gasteiger partial charge is 0.462 e. The second-order valence-corrected chi connectivity index (χ2v) is 6.05. The zero-order valence-corrected chi connectivity index (χ0v) is 15.2. The Morgan fingerprint density at radius 1 is 1.35 bits per heavy atom. The maximum Gasteiger partial charge on any atom is 0.340 e. The Labute approximate surface area is 153 Å². The first-order valence-corrected chi connectivity index (χ1v) is 8.54. The fourth-order valence-electron chi connectivity index (χ4n) is 2.80. The SMILES string of the molecule is CCOC(=O)c1ccccc1N/C=C(/C#N)C(=O)N1CC(C)OC(C)C1. The third-order valence-electron chi connectivity index (χ3n) is 3.85. The Hall–Kier alpha value is -2.85. The van der Waals surface area contributed by atoms with Gasteiger partial charge in [-0.25, -0.2) is 4.79 Å². The van der Waals surface area contributed by atoms with Crippen LogP contribution in [0.15, 0.2) is 36.0 Å². The van der Waals surface area contributed by atoms with E-state index in [0.717, 1.165) is 0 Å². The van der Waals surface area contributed by atoms with Crippen LogP contribution in [0.25, 0.3) is 0 Å². The molecule has 0 radical (unpaired) electrons. The molecule has 1 N–H and O–H groups in total. The Morgan fingerprint density at radius 2 is 2.00 bits per heavy atom. The Kier molecular flexibility index (Phi) is 6.75. The van der Waals surface area contributed by atoms with Crippen LogP contribution in [0.3, 0.4) is 0 Å².